The van der Waals surface area contributed by atoms with Crippen LogP contribution in [0.15, 0.2) is 48.5 Å². The second-order valence-corrected chi connectivity index (χ2v) is 10.2. The third kappa shape index (κ3) is 6.06. The summed E-state index contributed by atoms with van der Waals surface area (Å²) in [6.07, 6.45) is 2.60. The molecule has 0 saturated carbocycles. The summed E-state index contributed by atoms with van der Waals surface area (Å²) in [7, 11) is 0. The van der Waals surface area contributed by atoms with Gasteiger partial charge < -0.3 is 15.0 Å². The number of nitrogens with one attached hydrogen (secondary N) is 1. The molecule has 3 aromatic rings. The molecule has 35 heavy (non-hydrogen) atoms. The summed E-state index contributed by atoms with van der Waals surface area (Å²) in [5.74, 6) is -0.415. The Morgan fingerprint density at radius 1 is 1.17 bits per heavy atom. The van der Waals surface area contributed by atoms with E-state index in [9.17, 15) is 9.59 Å². The molecule has 1 aliphatic rings. The summed E-state index contributed by atoms with van der Waals surface area (Å²) in [4.78, 5) is 29.2. The number of amides is 2. The molecule has 0 aliphatic carbocycles. The molecule has 2 heterocycles. The van der Waals surface area contributed by atoms with E-state index >= 15 is 0 Å². The number of hydrogen-bond acceptors (Lipinski definition) is 5. The molecular weight excluding hydrogens is 442 g/mol. The topological polar surface area (TPSA) is 89.4 Å². The molecule has 8 heteroatoms. The average Bonchev–Trinajstić information content (AvgIpc) is 3.48. The number of nitrogens with zero attached hydrogens (tertiary/aromatic N) is 4. The van der Waals surface area contributed by atoms with Gasteiger partial charge in [-0.15, -0.1) is 5.10 Å². The van der Waals surface area contributed by atoms with E-state index < -0.39 is 11.6 Å². The first kappa shape index (κ1) is 24.9. The van der Waals surface area contributed by atoms with Gasteiger partial charge in [-0.05, 0) is 63.3 Å². The van der Waals surface area contributed by atoms with E-state index in [0.717, 1.165) is 35.9 Å². The fraction of sp³-hybridized carbons (Fsp3) is 0.481. The minimum atomic E-state index is -0.786. The van der Waals surface area contributed by atoms with Crippen LogP contribution in [0.25, 0.3) is 11.0 Å². The fourth-order valence-electron chi connectivity index (χ4n) is 4.46. The highest BCUT2D eigenvalue weighted by Crippen LogP contribution is 2.26. The smallest absolute Gasteiger partial charge is 0.247 e. The number of aromatic nitrogens is 3. The highest BCUT2D eigenvalue weighted by molar-refractivity contribution is 5.89. The average molecular weight is 478 g/mol. The lowest BCUT2D eigenvalue weighted by Crippen LogP contribution is -2.51. The van der Waals surface area contributed by atoms with E-state index in [2.05, 4.69) is 22.6 Å². The van der Waals surface area contributed by atoms with E-state index in [-0.39, 0.29) is 24.5 Å². The van der Waals surface area contributed by atoms with Crippen molar-refractivity contribution in [2.75, 3.05) is 13.2 Å². The standard InChI is InChI=1S/C27H35N5O3/c1-5-19-12-14-20(15-13-19)25(26(34)28-27(2,3)4)31(17-21-9-8-16-35-21)24(33)18-32-23-11-7-6-10-22(23)29-30-32/h6-7,10-15,21,25H,5,8-9,16-18H2,1-4H3,(H,28,34). The lowest BCUT2D eigenvalue weighted by atomic mass is 9.99. The number of carbonyl (C=O) groups excluding carboxylic acids is 2. The predicted molar refractivity (Wildman–Crippen MR) is 135 cm³/mol. The van der Waals surface area contributed by atoms with Gasteiger partial charge in [0.2, 0.25) is 11.8 Å². The summed E-state index contributed by atoms with van der Waals surface area (Å²) in [5.41, 5.74) is 3.01. The second kappa shape index (κ2) is 10.6. The van der Waals surface area contributed by atoms with Crippen LogP contribution < -0.4 is 5.32 Å². The number of ether oxygens (including phenoxy) is 1. The van der Waals surface area contributed by atoms with E-state index in [4.69, 9.17) is 4.74 Å². The largest absolute Gasteiger partial charge is 0.376 e. The zero-order valence-electron chi connectivity index (χ0n) is 21.0. The van der Waals surface area contributed by atoms with Crippen LogP contribution in [-0.2, 0) is 27.3 Å². The molecule has 1 saturated heterocycles. The van der Waals surface area contributed by atoms with Crippen LogP contribution in [0.3, 0.4) is 0 Å². The maximum absolute atomic E-state index is 13.9. The van der Waals surface area contributed by atoms with Gasteiger partial charge in [-0.2, -0.15) is 0 Å². The molecule has 2 aromatic carbocycles. The summed E-state index contributed by atoms with van der Waals surface area (Å²) in [6.45, 7) is 8.91. The number of para-hydroxylation sites is 1. The number of benzene rings is 2. The molecule has 2 amide bonds. The van der Waals surface area contributed by atoms with Crippen molar-refractivity contribution in [3.8, 4) is 0 Å². The Balaban J connectivity index is 1.71. The number of carbonyl (C=O) groups is 2. The number of hydrogen-bond donors (Lipinski definition) is 1. The molecule has 1 aromatic heterocycles. The molecule has 1 fully saturated rings. The quantitative estimate of drug-likeness (QED) is 0.535. The van der Waals surface area contributed by atoms with Crippen molar-refractivity contribution in [3.05, 3.63) is 59.7 Å². The highest BCUT2D eigenvalue weighted by atomic mass is 16.5. The Labute approximate surface area is 206 Å². The molecule has 0 spiro atoms. The SMILES string of the molecule is CCc1ccc(C(C(=O)NC(C)(C)C)N(CC2CCCO2)C(=O)Cn2nnc3ccccc32)cc1. The molecule has 2 unspecified atom stereocenters. The van der Waals surface area contributed by atoms with Crippen molar-refractivity contribution in [2.45, 2.75) is 71.2 Å². The second-order valence-electron chi connectivity index (χ2n) is 10.2. The van der Waals surface area contributed by atoms with Gasteiger partial charge in [0.15, 0.2) is 0 Å². The Bertz CT molecular complexity index is 1160. The van der Waals surface area contributed by atoms with Crippen molar-refractivity contribution in [1.29, 1.82) is 0 Å². The fourth-order valence-corrected chi connectivity index (χ4v) is 4.46. The molecule has 0 radical (unpaired) electrons. The third-order valence-corrected chi connectivity index (χ3v) is 6.21. The first-order valence-electron chi connectivity index (χ1n) is 12.4. The van der Waals surface area contributed by atoms with Gasteiger partial charge in [-0.1, -0.05) is 48.5 Å². The molecule has 186 valence electrons. The first-order chi connectivity index (χ1) is 16.7. The Morgan fingerprint density at radius 3 is 2.57 bits per heavy atom. The van der Waals surface area contributed by atoms with Crippen LogP contribution in [0.2, 0.25) is 0 Å². The van der Waals surface area contributed by atoms with Gasteiger partial charge in [0, 0.05) is 18.7 Å². The first-order valence-corrected chi connectivity index (χ1v) is 12.4. The summed E-state index contributed by atoms with van der Waals surface area (Å²) >= 11 is 0. The lowest BCUT2D eigenvalue weighted by Gasteiger charge is -2.35. The van der Waals surface area contributed by atoms with Gasteiger partial charge in [0.05, 0.1) is 11.6 Å². The zero-order chi connectivity index (χ0) is 25.0. The lowest BCUT2D eigenvalue weighted by molar-refractivity contribution is -0.143. The predicted octanol–water partition coefficient (Wildman–Crippen LogP) is 3.66. The summed E-state index contributed by atoms with van der Waals surface area (Å²) in [5, 5.41) is 11.5. The summed E-state index contributed by atoms with van der Waals surface area (Å²) < 4.78 is 7.48. The van der Waals surface area contributed by atoms with Crippen molar-refractivity contribution < 1.29 is 14.3 Å². The molecule has 2 atom stereocenters. The number of fused-ring (bicyclic) bond motifs is 1. The van der Waals surface area contributed by atoms with Crippen molar-refractivity contribution in [2.24, 2.45) is 0 Å². The Hall–Kier alpha value is -3.26. The maximum Gasteiger partial charge on any atom is 0.247 e. The van der Waals surface area contributed by atoms with E-state index in [0.29, 0.717) is 13.2 Å². The molecule has 1 N–H and O–H groups in total. The van der Waals surface area contributed by atoms with Gasteiger partial charge >= 0.3 is 0 Å². The van der Waals surface area contributed by atoms with Crippen molar-refractivity contribution >= 4 is 22.8 Å². The van der Waals surface area contributed by atoms with Crippen LogP contribution in [-0.4, -0.2) is 56.5 Å². The minimum absolute atomic E-state index is 0.0143. The number of rotatable bonds is 8. The van der Waals surface area contributed by atoms with E-state index in [1.165, 1.54) is 5.56 Å². The van der Waals surface area contributed by atoms with Gasteiger partial charge in [-0.3, -0.25) is 9.59 Å². The molecule has 4 rings (SSSR count). The van der Waals surface area contributed by atoms with Gasteiger partial charge in [0.25, 0.3) is 0 Å². The summed E-state index contributed by atoms with van der Waals surface area (Å²) in [6, 6.07) is 14.7. The molecular formula is C27H35N5O3. The van der Waals surface area contributed by atoms with Gasteiger partial charge in [-0.25, -0.2) is 4.68 Å². The van der Waals surface area contributed by atoms with Crippen LogP contribution in [0, 0.1) is 0 Å². The number of aryl methyl sites for hydroxylation is 1. The van der Waals surface area contributed by atoms with Crippen LogP contribution in [0.1, 0.15) is 57.7 Å². The van der Waals surface area contributed by atoms with Crippen LogP contribution in [0.4, 0.5) is 0 Å². The molecule has 8 nitrogen and oxygen atoms in total. The Morgan fingerprint density at radius 2 is 1.91 bits per heavy atom. The molecule has 1 aliphatic heterocycles. The molecule has 0 bridgehead atoms. The zero-order valence-corrected chi connectivity index (χ0v) is 21.0. The highest BCUT2D eigenvalue weighted by Gasteiger charge is 2.35. The van der Waals surface area contributed by atoms with Crippen LogP contribution in [0.5, 0.6) is 0 Å². The minimum Gasteiger partial charge on any atom is -0.376 e. The monoisotopic (exact) mass is 477 g/mol. The Kier molecular flexibility index (Phi) is 7.50. The van der Waals surface area contributed by atoms with E-state index in [1.54, 1.807) is 9.58 Å². The van der Waals surface area contributed by atoms with Crippen LogP contribution >= 0.6 is 0 Å². The van der Waals surface area contributed by atoms with E-state index in [1.807, 2.05) is 69.3 Å². The van der Waals surface area contributed by atoms with Gasteiger partial charge in [0.1, 0.15) is 18.1 Å². The van der Waals surface area contributed by atoms with Crippen molar-refractivity contribution in [1.82, 2.24) is 25.2 Å². The van der Waals surface area contributed by atoms with Crippen molar-refractivity contribution in [3.63, 3.8) is 0 Å². The third-order valence-electron chi connectivity index (χ3n) is 6.21. The normalized spacial score (nSPS) is 16.9. The maximum atomic E-state index is 13.9.